The van der Waals surface area contributed by atoms with Crippen LogP contribution in [0, 0.1) is 6.92 Å². The third-order valence-corrected chi connectivity index (χ3v) is 4.03. The molecule has 0 aliphatic carbocycles. The molecule has 2 aromatic carbocycles. The number of carbonyl (C=O) groups excluding carboxylic acids is 1. The van der Waals surface area contributed by atoms with E-state index in [0.29, 0.717) is 18.7 Å². The Labute approximate surface area is 130 Å². The Kier molecular flexibility index (Phi) is 3.86. The molecule has 0 saturated carbocycles. The molecule has 0 unspecified atom stereocenters. The van der Waals surface area contributed by atoms with Gasteiger partial charge in [0.25, 0.3) is 5.91 Å². The van der Waals surface area contributed by atoms with E-state index in [-0.39, 0.29) is 12.0 Å². The first kappa shape index (κ1) is 14.6. The lowest BCUT2D eigenvalue weighted by molar-refractivity contribution is 0.00590. The smallest absolute Gasteiger partial charge is 0.254 e. The number of amides is 1. The number of nitrogens with zero attached hydrogens (tertiary/aromatic N) is 1. The molecule has 1 fully saturated rings. The number of aliphatic hydroxyl groups excluding tert-OH is 1. The van der Waals surface area contributed by atoms with Crippen molar-refractivity contribution in [2.45, 2.75) is 13.0 Å². The molecule has 0 bridgehead atoms. The van der Waals surface area contributed by atoms with E-state index in [2.05, 4.69) is 0 Å². The summed E-state index contributed by atoms with van der Waals surface area (Å²) in [5.41, 5.74) is 3.98. The van der Waals surface area contributed by atoms with Gasteiger partial charge in [0.2, 0.25) is 0 Å². The van der Waals surface area contributed by atoms with E-state index in [1.165, 1.54) is 0 Å². The van der Waals surface area contributed by atoms with Crippen molar-refractivity contribution in [3.05, 3.63) is 53.6 Å². The Morgan fingerprint density at radius 1 is 1.18 bits per heavy atom. The van der Waals surface area contributed by atoms with Crippen LogP contribution in [0.3, 0.4) is 0 Å². The van der Waals surface area contributed by atoms with Crippen molar-refractivity contribution in [1.82, 2.24) is 4.90 Å². The molecule has 1 heterocycles. The van der Waals surface area contributed by atoms with Gasteiger partial charge in [-0.25, -0.2) is 0 Å². The molecule has 2 aromatic rings. The minimum absolute atomic E-state index is 0.0247. The van der Waals surface area contributed by atoms with Gasteiger partial charge < -0.3 is 14.7 Å². The van der Waals surface area contributed by atoms with E-state index in [1.807, 2.05) is 49.4 Å². The lowest BCUT2D eigenvalue weighted by Crippen LogP contribution is -2.53. The summed E-state index contributed by atoms with van der Waals surface area (Å²) in [4.78, 5) is 13.8. The molecular weight excluding hydrogens is 278 g/mol. The highest BCUT2D eigenvalue weighted by Crippen LogP contribution is 2.27. The number of aliphatic hydroxyl groups is 1. The zero-order valence-electron chi connectivity index (χ0n) is 12.7. The summed E-state index contributed by atoms with van der Waals surface area (Å²) in [5, 5.41) is 9.28. The van der Waals surface area contributed by atoms with Crippen molar-refractivity contribution in [2.75, 3.05) is 20.2 Å². The second-order valence-corrected chi connectivity index (χ2v) is 5.62. The van der Waals surface area contributed by atoms with E-state index in [0.717, 1.165) is 22.4 Å². The van der Waals surface area contributed by atoms with Crippen LogP contribution >= 0.6 is 0 Å². The van der Waals surface area contributed by atoms with E-state index >= 15 is 0 Å². The zero-order chi connectivity index (χ0) is 15.7. The molecule has 1 aliphatic rings. The monoisotopic (exact) mass is 297 g/mol. The summed E-state index contributed by atoms with van der Waals surface area (Å²) in [6.45, 7) is 2.90. The lowest BCUT2D eigenvalue weighted by Gasteiger charge is -2.35. The third kappa shape index (κ3) is 2.70. The predicted octanol–water partition coefficient (Wildman–Crippen LogP) is 2.49. The van der Waals surface area contributed by atoms with Crippen molar-refractivity contribution in [3.63, 3.8) is 0 Å². The van der Waals surface area contributed by atoms with Gasteiger partial charge in [0.15, 0.2) is 0 Å². The highest BCUT2D eigenvalue weighted by molar-refractivity contribution is 5.95. The maximum Gasteiger partial charge on any atom is 0.254 e. The molecule has 3 rings (SSSR count). The Morgan fingerprint density at radius 2 is 1.86 bits per heavy atom. The standard InChI is InChI=1S/C18H19NO3/c1-12-9-16(22-2)7-8-17(12)13-3-5-14(6-4-13)18(21)19-10-15(20)11-19/h3-9,15,20H,10-11H2,1-2H3. The number of carbonyl (C=O) groups is 1. The molecule has 4 heteroatoms. The van der Waals surface area contributed by atoms with Crippen molar-refractivity contribution >= 4 is 5.91 Å². The largest absolute Gasteiger partial charge is 0.497 e. The first-order valence-electron chi connectivity index (χ1n) is 7.31. The fourth-order valence-electron chi connectivity index (χ4n) is 2.68. The maximum absolute atomic E-state index is 12.2. The van der Waals surface area contributed by atoms with Crippen molar-refractivity contribution < 1.29 is 14.6 Å². The molecule has 4 nitrogen and oxygen atoms in total. The number of β-amino-alcohol motifs (C(OH)–C–C–N with tert-alkyl or cyclic N) is 1. The predicted molar refractivity (Wildman–Crippen MR) is 85.1 cm³/mol. The SMILES string of the molecule is COc1ccc(-c2ccc(C(=O)N3CC(O)C3)cc2)c(C)c1. The van der Waals surface area contributed by atoms with E-state index in [1.54, 1.807) is 12.0 Å². The quantitative estimate of drug-likeness (QED) is 0.947. The summed E-state index contributed by atoms with van der Waals surface area (Å²) in [5.74, 6) is 0.813. The van der Waals surface area contributed by atoms with Crippen LogP contribution in [0.15, 0.2) is 42.5 Å². The van der Waals surface area contributed by atoms with Crippen LogP contribution in [0.4, 0.5) is 0 Å². The fraction of sp³-hybridized carbons (Fsp3) is 0.278. The summed E-state index contributed by atoms with van der Waals surface area (Å²) in [6.07, 6.45) is -0.370. The number of methoxy groups -OCH3 is 1. The Balaban J connectivity index is 1.81. The van der Waals surface area contributed by atoms with E-state index in [9.17, 15) is 9.90 Å². The molecule has 0 aromatic heterocycles. The lowest BCUT2D eigenvalue weighted by atomic mass is 9.98. The molecule has 0 spiro atoms. The first-order chi connectivity index (χ1) is 10.6. The van der Waals surface area contributed by atoms with Gasteiger partial charge in [0.05, 0.1) is 13.2 Å². The van der Waals surface area contributed by atoms with Crippen molar-refractivity contribution in [3.8, 4) is 16.9 Å². The highest BCUT2D eigenvalue weighted by atomic mass is 16.5. The van der Waals surface area contributed by atoms with Gasteiger partial charge in [0, 0.05) is 18.7 Å². The number of likely N-dealkylation sites (tertiary alicyclic amines) is 1. The van der Waals surface area contributed by atoms with Gasteiger partial charge in [-0.3, -0.25) is 4.79 Å². The van der Waals surface area contributed by atoms with Gasteiger partial charge in [-0.15, -0.1) is 0 Å². The van der Waals surface area contributed by atoms with Crippen LogP contribution in [0.1, 0.15) is 15.9 Å². The van der Waals surface area contributed by atoms with Crippen LogP contribution in [0.25, 0.3) is 11.1 Å². The second-order valence-electron chi connectivity index (χ2n) is 5.62. The van der Waals surface area contributed by atoms with Gasteiger partial charge in [-0.05, 0) is 47.9 Å². The second kappa shape index (κ2) is 5.81. The fourth-order valence-corrected chi connectivity index (χ4v) is 2.68. The molecule has 1 N–H and O–H groups in total. The minimum atomic E-state index is -0.370. The first-order valence-corrected chi connectivity index (χ1v) is 7.31. The topological polar surface area (TPSA) is 49.8 Å². The molecule has 1 saturated heterocycles. The van der Waals surface area contributed by atoms with Crippen LogP contribution < -0.4 is 4.74 Å². The van der Waals surface area contributed by atoms with Crippen LogP contribution in [0.2, 0.25) is 0 Å². The van der Waals surface area contributed by atoms with Gasteiger partial charge in [-0.2, -0.15) is 0 Å². The number of rotatable bonds is 3. The summed E-state index contributed by atoms with van der Waals surface area (Å²) < 4.78 is 5.22. The number of hydrogen-bond acceptors (Lipinski definition) is 3. The average Bonchev–Trinajstić information content (AvgIpc) is 2.51. The number of ether oxygens (including phenoxy) is 1. The molecule has 22 heavy (non-hydrogen) atoms. The van der Waals surface area contributed by atoms with Crippen LogP contribution in [-0.2, 0) is 0 Å². The molecule has 1 aliphatic heterocycles. The maximum atomic E-state index is 12.2. The number of benzene rings is 2. The molecular formula is C18H19NO3. The average molecular weight is 297 g/mol. The molecule has 1 amide bonds. The van der Waals surface area contributed by atoms with E-state index < -0.39 is 0 Å². The van der Waals surface area contributed by atoms with Gasteiger partial charge in [-0.1, -0.05) is 18.2 Å². The van der Waals surface area contributed by atoms with Crippen molar-refractivity contribution in [1.29, 1.82) is 0 Å². The molecule has 0 atom stereocenters. The Bertz CT molecular complexity index is 688. The van der Waals surface area contributed by atoms with Gasteiger partial charge >= 0.3 is 0 Å². The molecule has 0 radical (unpaired) electrons. The van der Waals surface area contributed by atoms with Crippen LogP contribution in [-0.4, -0.2) is 42.2 Å². The summed E-state index contributed by atoms with van der Waals surface area (Å²) in [6, 6.07) is 13.5. The normalized spacial score (nSPS) is 14.6. The highest BCUT2D eigenvalue weighted by Gasteiger charge is 2.29. The Morgan fingerprint density at radius 3 is 2.41 bits per heavy atom. The van der Waals surface area contributed by atoms with Gasteiger partial charge in [0.1, 0.15) is 5.75 Å². The van der Waals surface area contributed by atoms with Crippen molar-refractivity contribution in [2.24, 2.45) is 0 Å². The van der Waals surface area contributed by atoms with Crippen LogP contribution in [0.5, 0.6) is 5.75 Å². The zero-order valence-corrected chi connectivity index (χ0v) is 12.7. The minimum Gasteiger partial charge on any atom is -0.497 e. The number of hydrogen-bond donors (Lipinski definition) is 1. The summed E-state index contributed by atoms with van der Waals surface area (Å²) >= 11 is 0. The van der Waals surface area contributed by atoms with E-state index in [4.69, 9.17) is 4.74 Å². The molecule has 114 valence electrons. The Hall–Kier alpha value is -2.33. The third-order valence-electron chi connectivity index (χ3n) is 4.03. The number of aryl methyl sites for hydroxylation is 1. The summed E-state index contributed by atoms with van der Waals surface area (Å²) in [7, 11) is 1.65.